The van der Waals surface area contributed by atoms with E-state index in [4.69, 9.17) is 4.74 Å². The summed E-state index contributed by atoms with van der Waals surface area (Å²) in [4.78, 5) is 14.2. The van der Waals surface area contributed by atoms with E-state index in [2.05, 4.69) is 5.32 Å². The molecule has 3 aromatic rings. The van der Waals surface area contributed by atoms with Gasteiger partial charge in [-0.3, -0.25) is 4.57 Å². The maximum atomic E-state index is 13.6. The molecule has 1 N–H and O–H groups in total. The number of nitrogens with one attached hydrogen (secondary N) is 1. The first-order chi connectivity index (χ1) is 13.4. The molecule has 1 saturated heterocycles. The number of amides is 1. The van der Waals surface area contributed by atoms with Gasteiger partial charge < -0.3 is 15.0 Å². The van der Waals surface area contributed by atoms with Gasteiger partial charge in [-0.15, -0.1) is 0 Å². The minimum absolute atomic E-state index is 0.0899. The van der Waals surface area contributed by atoms with E-state index in [0.717, 1.165) is 11.5 Å². The van der Waals surface area contributed by atoms with Crippen LogP contribution in [0.25, 0.3) is 10.9 Å². The molecule has 1 aliphatic heterocycles. The first-order valence-electron chi connectivity index (χ1n) is 8.85. The van der Waals surface area contributed by atoms with Crippen molar-refractivity contribution in [3.05, 3.63) is 60.3 Å². The molecule has 0 radical (unpaired) electrons. The molecule has 4 rings (SSSR count). The summed E-state index contributed by atoms with van der Waals surface area (Å²) in [6.45, 7) is 1.56. The molecule has 0 unspecified atom stereocenters. The number of nitrogens with zero attached hydrogens (tertiary/aromatic N) is 2. The average molecular weight is 389 g/mol. The molecular weight excluding hydrogens is 371 g/mol. The van der Waals surface area contributed by atoms with E-state index in [1.807, 2.05) is 12.1 Å². The number of benzene rings is 2. The molecule has 0 saturated carbocycles. The zero-order chi connectivity index (χ0) is 19.7. The Morgan fingerprint density at radius 2 is 1.79 bits per heavy atom. The van der Waals surface area contributed by atoms with Gasteiger partial charge in [0.25, 0.3) is 0 Å². The van der Waals surface area contributed by atoms with Gasteiger partial charge in [-0.1, -0.05) is 18.2 Å². The summed E-state index contributed by atoms with van der Waals surface area (Å²) in [6, 6.07) is 12.4. The average Bonchev–Trinajstić information content (AvgIpc) is 3.12. The highest BCUT2D eigenvalue weighted by Gasteiger charge is 2.35. The maximum absolute atomic E-state index is 13.6. The monoisotopic (exact) mass is 389 g/mol. The normalized spacial score (nSPS) is 15.0. The Hall–Kier alpha value is -3.00. The highest BCUT2D eigenvalue weighted by atomic mass is 19.4. The zero-order valence-electron chi connectivity index (χ0n) is 14.9. The summed E-state index contributed by atoms with van der Waals surface area (Å²) >= 11 is 0. The van der Waals surface area contributed by atoms with Gasteiger partial charge in [0.1, 0.15) is 0 Å². The molecule has 0 spiro atoms. The zero-order valence-corrected chi connectivity index (χ0v) is 14.9. The van der Waals surface area contributed by atoms with Gasteiger partial charge in [-0.2, -0.15) is 13.2 Å². The molecule has 8 heteroatoms. The van der Waals surface area contributed by atoms with Crippen LogP contribution in [0.2, 0.25) is 0 Å². The summed E-state index contributed by atoms with van der Waals surface area (Å²) in [5.74, 6) is 0. The van der Waals surface area contributed by atoms with Crippen molar-refractivity contribution in [2.45, 2.75) is 6.18 Å². The van der Waals surface area contributed by atoms with Gasteiger partial charge in [0, 0.05) is 36.0 Å². The molecule has 1 amide bonds. The van der Waals surface area contributed by atoms with Crippen molar-refractivity contribution < 1.29 is 22.7 Å². The molecule has 146 valence electrons. The number of alkyl halides is 3. The van der Waals surface area contributed by atoms with Crippen molar-refractivity contribution in [3.8, 4) is 0 Å². The summed E-state index contributed by atoms with van der Waals surface area (Å²) in [5, 5.41) is 3.43. The van der Waals surface area contributed by atoms with Crippen molar-refractivity contribution in [2.75, 3.05) is 36.5 Å². The topological polar surface area (TPSA) is 46.5 Å². The maximum Gasteiger partial charge on any atom is 0.418 e. The number of morpholine rings is 1. The molecule has 1 aliphatic rings. The minimum atomic E-state index is -4.53. The first kappa shape index (κ1) is 18.4. The van der Waals surface area contributed by atoms with Gasteiger partial charge in [0.05, 0.1) is 24.3 Å². The van der Waals surface area contributed by atoms with Gasteiger partial charge in [0.2, 0.25) is 0 Å². The molecule has 0 bridgehead atoms. The van der Waals surface area contributed by atoms with Crippen LogP contribution in [0.3, 0.4) is 0 Å². The third-order valence-electron chi connectivity index (χ3n) is 4.72. The summed E-state index contributed by atoms with van der Waals surface area (Å²) < 4.78 is 47.5. The second-order valence-corrected chi connectivity index (χ2v) is 6.50. The molecular formula is C20H18F3N3O2. The van der Waals surface area contributed by atoms with E-state index >= 15 is 0 Å². The highest BCUT2D eigenvalue weighted by Crippen LogP contribution is 2.38. The van der Waals surface area contributed by atoms with Crippen LogP contribution in [-0.4, -0.2) is 36.9 Å². The fourth-order valence-corrected chi connectivity index (χ4v) is 3.36. The Morgan fingerprint density at radius 1 is 1.04 bits per heavy atom. The number of ether oxygens (including phenoxy) is 1. The number of halogens is 3. The molecule has 0 aliphatic carbocycles. The molecule has 28 heavy (non-hydrogen) atoms. The van der Waals surface area contributed by atoms with Crippen LogP contribution in [0.4, 0.5) is 29.3 Å². The lowest BCUT2D eigenvalue weighted by Crippen LogP contribution is -2.37. The van der Waals surface area contributed by atoms with Crippen molar-refractivity contribution in [2.24, 2.45) is 0 Å². The smallest absolute Gasteiger partial charge is 0.378 e. The van der Waals surface area contributed by atoms with Crippen LogP contribution in [0.5, 0.6) is 0 Å². The fraction of sp³-hybridized carbons (Fsp3) is 0.250. The lowest BCUT2D eigenvalue weighted by molar-refractivity contribution is -0.137. The number of para-hydroxylation sites is 1. The molecule has 0 atom stereocenters. The number of anilines is 2. The lowest BCUT2D eigenvalue weighted by Gasteiger charge is -2.31. The predicted molar refractivity (Wildman–Crippen MR) is 101 cm³/mol. The molecule has 2 heterocycles. The fourth-order valence-electron chi connectivity index (χ4n) is 3.36. The van der Waals surface area contributed by atoms with E-state index in [1.54, 1.807) is 29.3 Å². The molecule has 1 aromatic heterocycles. The quantitative estimate of drug-likeness (QED) is 0.698. The minimum Gasteiger partial charge on any atom is -0.378 e. The SMILES string of the molecule is O=C(Nc1ccc(N2CCOCC2)c(C(F)(F)F)c1)n1ccc2ccccc21. The van der Waals surface area contributed by atoms with Crippen LogP contribution < -0.4 is 10.2 Å². The Bertz CT molecular complexity index is 1010. The van der Waals surface area contributed by atoms with Crippen molar-refractivity contribution >= 4 is 28.3 Å². The number of rotatable bonds is 2. The van der Waals surface area contributed by atoms with Crippen LogP contribution in [0.1, 0.15) is 5.56 Å². The van der Waals surface area contributed by atoms with Gasteiger partial charge >= 0.3 is 12.2 Å². The van der Waals surface area contributed by atoms with E-state index in [-0.39, 0.29) is 11.4 Å². The third kappa shape index (κ3) is 3.55. The van der Waals surface area contributed by atoms with Crippen LogP contribution in [-0.2, 0) is 10.9 Å². The van der Waals surface area contributed by atoms with Crippen LogP contribution in [0.15, 0.2) is 54.7 Å². The predicted octanol–water partition coefficient (Wildman–Crippen LogP) is 4.58. The Labute approximate surface area is 159 Å². The number of hydrogen-bond acceptors (Lipinski definition) is 3. The van der Waals surface area contributed by atoms with E-state index in [0.29, 0.717) is 31.8 Å². The number of carbonyl (C=O) groups excluding carboxylic acids is 1. The van der Waals surface area contributed by atoms with Crippen molar-refractivity contribution in [1.82, 2.24) is 4.57 Å². The van der Waals surface area contributed by atoms with Crippen LogP contribution >= 0.6 is 0 Å². The summed E-state index contributed by atoms with van der Waals surface area (Å²) in [5.41, 5.74) is 0.0953. The number of aromatic nitrogens is 1. The van der Waals surface area contributed by atoms with E-state index in [9.17, 15) is 18.0 Å². The number of carbonyl (C=O) groups is 1. The van der Waals surface area contributed by atoms with E-state index < -0.39 is 17.8 Å². The largest absolute Gasteiger partial charge is 0.418 e. The summed E-state index contributed by atoms with van der Waals surface area (Å²) in [7, 11) is 0. The Morgan fingerprint density at radius 3 is 2.54 bits per heavy atom. The summed E-state index contributed by atoms with van der Waals surface area (Å²) in [6.07, 6.45) is -2.94. The van der Waals surface area contributed by atoms with Crippen LogP contribution in [0, 0.1) is 0 Å². The second kappa shape index (κ2) is 7.20. The standard InChI is InChI=1S/C20H18F3N3O2/c21-20(22,23)16-13-15(5-6-18(16)25-9-11-28-12-10-25)24-19(27)26-8-7-14-3-1-2-4-17(14)26/h1-8,13H,9-12H2,(H,24,27). The van der Waals surface area contributed by atoms with Crippen molar-refractivity contribution in [1.29, 1.82) is 0 Å². The third-order valence-corrected chi connectivity index (χ3v) is 4.72. The van der Waals surface area contributed by atoms with Gasteiger partial charge in [-0.25, -0.2) is 4.79 Å². The molecule has 5 nitrogen and oxygen atoms in total. The van der Waals surface area contributed by atoms with Gasteiger partial charge in [-0.05, 0) is 30.3 Å². The lowest BCUT2D eigenvalue weighted by atomic mass is 10.1. The Kier molecular flexibility index (Phi) is 4.72. The highest BCUT2D eigenvalue weighted by molar-refractivity contribution is 5.98. The number of fused-ring (bicyclic) bond motifs is 1. The number of hydrogen-bond donors (Lipinski definition) is 1. The van der Waals surface area contributed by atoms with E-state index in [1.165, 1.54) is 16.7 Å². The first-order valence-corrected chi connectivity index (χ1v) is 8.85. The second-order valence-electron chi connectivity index (χ2n) is 6.50. The molecule has 2 aromatic carbocycles. The van der Waals surface area contributed by atoms with Gasteiger partial charge in [0.15, 0.2) is 0 Å². The molecule has 1 fully saturated rings. The van der Waals surface area contributed by atoms with Crippen molar-refractivity contribution in [3.63, 3.8) is 0 Å². The Balaban J connectivity index is 1.63.